The van der Waals surface area contributed by atoms with E-state index in [1.54, 1.807) is 0 Å². The van der Waals surface area contributed by atoms with Gasteiger partial charge in [0.25, 0.3) is 5.91 Å². The normalized spacial score (nSPS) is 19.0. The van der Waals surface area contributed by atoms with Crippen LogP contribution in [0.5, 0.6) is 0 Å². The van der Waals surface area contributed by atoms with Crippen LogP contribution >= 0.6 is 0 Å². The Kier molecular flexibility index (Phi) is 6.00. The first kappa shape index (κ1) is 17.0. The Bertz CT molecular complexity index is 496. The molecule has 0 bridgehead atoms. The molecule has 0 N–H and O–H groups in total. The summed E-state index contributed by atoms with van der Waals surface area (Å²) in [6, 6.07) is 0. The number of oxazole rings is 1. The molecule has 1 aromatic heterocycles. The Hall–Kier alpha value is -1.36. The quantitative estimate of drug-likeness (QED) is 0.809. The number of rotatable bonds is 6. The Labute approximate surface area is 133 Å². The molecule has 1 aliphatic rings. The molecule has 1 unspecified atom stereocenters. The maximum absolute atomic E-state index is 12.6. The van der Waals surface area contributed by atoms with Gasteiger partial charge in [0.15, 0.2) is 5.89 Å². The molecule has 124 valence electrons. The van der Waals surface area contributed by atoms with Crippen molar-refractivity contribution in [2.24, 2.45) is 5.92 Å². The third kappa shape index (κ3) is 4.32. The van der Waals surface area contributed by atoms with Crippen LogP contribution in [0.3, 0.4) is 0 Å². The SMILES string of the molecule is CCc1nc(C)c(C(=O)N2CCOC(CCCC(C)C)C2)o1. The number of amides is 1. The van der Waals surface area contributed by atoms with Gasteiger partial charge in [0, 0.05) is 19.5 Å². The summed E-state index contributed by atoms with van der Waals surface area (Å²) in [6.07, 6.45) is 4.21. The van der Waals surface area contributed by atoms with E-state index in [1.807, 2.05) is 18.7 Å². The fourth-order valence-electron chi connectivity index (χ4n) is 2.78. The van der Waals surface area contributed by atoms with Crippen molar-refractivity contribution in [3.05, 3.63) is 17.3 Å². The number of aromatic nitrogens is 1. The first-order valence-corrected chi connectivity index (χ1v) is 8.38. The Morgan fingerprint density at radius 3 is 2.86 bits per heavy atom. The zero-order valence-electron chi connectivity index (χ0n) is 14.2. The van der Waals surface area contributed by atoms with E-state index in [2.05, 4.69) is 18.8 Å². The van der Waals surface area contributed by atoms with Crippen LogP contribution in [-0.4, -0.2) is 41.6 Å². The predicted octanol–water partition coefficient (Wildman–Crippen LogP) is 3.21. The highest BCUT2D eigenvalue weighted by molar-refractivity contribution is 5.92. The second-order valence-corrected chi connectivity index (χ2v) is 6.44. The van der Waals surface area contributed by atoms with E-state index < -0.39 is 0 Å². The van der Waals surface area contributed by atoms with Crippen molar-refractivity contribution in [1.82, 2.24) is 9.88 Å². The number of hydrogen-bond acceptors (Lipinski definition) is 4. The second-order valence-electron chi connectivity index (χ2n) is 6.44. The van der Waals surface area contributed by atoms with Crippen LogP contribution in [0.2, 0.25) is 0 Å². The van der Waals surface area contributed by atoms with Crippen molar-refractivity contribution in [2.45, 2.75) is 59.5 Å². The number of carbonyl (C=O) groups is 1. The van der Waals surface area contributed by atoms with E-state index in [-0.39, 0.29) is 12.0 Å². The predicted molar refractivity (Wildman–Crippen MR) is 85.0 cm³/mol. The van der Waals surface area contributed by atoms with Crippen molar-refractivity contribution < 1.29 is 13.9 Å². The summed E-state index contributed by atoms with van der Waals surface area (Å²) in [4.78, 5) is 18.7. The summed E-state index contributed by atoms with van der Waals surface area (Å²) in [5.41, 5.74) is 0.685. The fraction of sp³-hybridized carbons (Fsp3) is 0.765. The summed E-state index contributed by atoms with van der Waals surface area (Å²) in [6.45, 7) is 10.1. The minimum atomic E-state index is -0.0538. The van der Waals surface area contributed by atoms with E-state index in [1.165, 1.54) is 6.42 Å². The van der Waals surface area contributed by atoms with E-state index in [9.17, 15) is 4.79 Å². The van der Waals surface area contributed by atoms with E-state index >= 15 is 0 Å². The minimum absolute atomic E-state index is 0.0538. The standard InChI is InChI=1S/C17H28N2O3/c1-5-15-18-13(4)16(22-15)17(20)19-9-10-21-14(11-19)8-6-7-12(2)3/h12,14H,5-11H2,1-4H3. The van der Waals surface area contributed by atoms with Crippen molar-refractivity contribution in [1.29, 1.82) is 0 Å². The lowest BCUT2D eigenvalue weighted by atomic mass is 10.0. The van der Waals surface area contributed by atoms with Crippen molar-refractivity contribution in [2.75, 3.05) is 19.7 Å². The van der Waals surface area contributed by atoms with E-state index in [4.69, 9.17) is 9.15 Å². The molecular formula is C17H28N2O3. The number of nitrogens with zero attached hydrogens (tertiary/aromatic N) is 2. The number of hydrogen-bond donors (Lipinski definition) is 0. The highest BCUT2D eigenvalue weighted by Crippen LogP contribution is 2.18. The van der Waals surface area contributed by atoms with Gasteiger partial charge >= 0.3 is 0 Å². The largest absolute Gasteiger partial charge is 0.435 e. The molecule has 5 heteroatoms. The molecule has 0 radical (unpaired) electrons. The molecule has 5 nitrogen and oxygen atoms in total. The number of aryl methyl sites for hydroxylation is 2. The van der Waals surface area contributed by atoms with Gasteiger partial charge in [0.05, 0.1) is 18.4 Å². The number of ether oxygens (including phenoxy) is 1. The van der Waals surface area contributed by atoms with Gasteiger partial charge in [0.1, 0.15) is 0 Å². The topological polar surface area (TPSA) is 55.6 Å². The Balaban J connectivity index is 1.93. The summed E-state index contributed by atoms with van der Waals surface area (Å²) in [5.74, 6) is 1.68. The number of carbonyl (C=O) groups excluding carboxylic acids is 1. The molecule has 1 amide bonds. The fourth-order valence-corrected chi connectivity index (χ4v) is 2.78. The summed E-state index contributed by atoms with van der Waals surface area (Å²) in [7, 11) is 0. The van der Waals surface area contributed by atoms with Gasteiger partial charge in [-0.2, -0.15) is 0 Å². The van der Waals surface area contributed by atoms with Gasteiger partial charge in [-0.05, 0) is 19.3 Å². The van der Waals surface area contributed by atoms with Crippen LogP contribution in [0.1, 0.15) is 62.2 Å². The van der Waals surface area contributed by atoms with Crippen LogP contribution in [-0.2, 0) is 11.2 Å². The highest BCUT2D eigenvalue weighted by Gasteiger charge is 2.28. The zero-order chi connectivity index (χ0) is 16.1. The minimum Gasteiger partial charge on any atom is -0.435 e. The summed E-state index contributed by atoms with van der Waals surface area (Å²) < 4.78 is 11.4. The Morgan fingerprint density at radius 2 is 2.23 bits per heavy atom. The maximum atomic E-state index is 12.6. The molecule has 0 saturated carbocycles. The molecule has 22 heavy (non-hydrogen) atoms. The third-order valence-corrected chi connectivity index (χ3v) is 4.07. The molecule has 1 aromatic rings. The van der Waals surface area contributed by atoms with Crippen LogP contribution in [0.25, 0.3) is 0 Å². The number of morpholine rings is 1. The average Bonchev–Trinajstić information content (AvgIpc) is 2.87. The highest BCUT2D eigenvalue weighted by atomic mass is 16.5. The van der Waals surface area contributed by atoms with Gasteiger partial charge in [-0.15, -0.1) is 0 Å². The monoisotopic (exact) mass is 308 g/mol. The van der Waals surface area contributed by atoms with Gasteiger partial charge in [-0.3, -0.25) is 4.79 Å². The third-order valence-electron chi connectivity index (χ3n) is 4.07. The first-order chi connectivity index (χ1) is 10.5. The summed E-state index contributed by atoms with van der Waals surface area (Å²) in [5, 5.41) is 0. The van der Waals surface area contributed by atoms with Gasteiger partial charge in [0.2, 0.25) is 5.76 Å². The molecule has 0 spiro atoms. The van der Waals surface area contributed by atoms with Gasteiger partial charge < -0.3 is 14.1 Å². The van der Waals surface area contributed by atoms with Crippen LogP contribution < -0.4 is 0 Å². The first-order valence-electron chi connectivity index (χ1n) is 8.38. The van der Waals surface area contributed by atoms with Crippen LogP contribution in [0, 0.1) is 12.8 Å². The molecule has 0 aromatic carbocycles. The average molecular weight is 308 g/mol. The van der Waals surface area contributed by atoms with Crippen LogP contribution in [0.4, 0.5) is 0 Å². The molecular weight excluding hydrogens is 280 g/mol. The molecule has 0 aliphatic carbocycles. The van der Waals surface area contributed by atoms with Crippen LogP contribution in [0.15, 0.2) is 4.42 Å². The lowest BCUT2D eigenvalue weighted by Crippen LogP contribution is -2.45. The maximum Gasteiger partial charge on any atom is 0.291 e. The van der Waals surface area contributed by atoms with E-state index in [0.29, 0.717) is 49.4 Å². The molecule has 1 aliphatic heterocycles. The van der Waals surface area contributed by atoms with Crippen molar-refractivity contribution >= 4 is 5.91 Å². The van der Waals surface area contributed by atoms with Gasteiger partial charge in [-0.25, -0.2) is 4.98 Å². The molecule has 1 saturated heterocycles. The van der Waals surface area contributed by atoms with Crippen molar-refractivity contribution in [3.8, 4) is 0 Å². The molecule has 2 rings (SSSR count). The molecule has 1 fully saturated rings. The smallest absolute Gasteiger partial charge is 0.291 e. The molecule has 1 atom stereocenters. The van der Waals surface area contributed by atoms with E-state index in [0.717, 1.165) is 12.8 Å². The van der Waals surface area contributed by atoms with Gasteiger partial charge in [-0.1, -0.05) is 33.6 Å². The zero-order valence-corrected chi connectivity index (χ0v) is 14.2. The Morgan fingerprint density at radius 1 is 1.45 bits per heavy atom. The lowest BCUT2D eigenvalue weighted by Gasteiger charge is -2.32. The molecule has 2 heterocycles. The second kappa shape index (κ2) is 7.77. The van der Waals surface area contributed by atoms with Crippen molar-refractivity contribution in [3.63, 3.8) is 0 Å². The lowest BCUT2D eigenvalue weighted by molar-refractivity contribution is -0.0269. The summed E-state index contributed by atoms with van der Waals surface area (Å²) >= 11 is 0.